The monoisotopic (exact) mass is 458 g/mol. The number of anilines is 1. The fraction of sp³-hybridized carbons (Fsp3) is 0.458. The van der Waals surface area contributed by atoms with Crippen molar-refractivity contribution in [1.82, 2.24) is 4.90 Å². The first-order chi connectivity index (χ1) is 15.4. The summed E-state index contributed by atoms with van der Waals surface area (Å²) in [6.07, 6.45) is 6.31. The molecule has 2 aliphatic carbocycles. The molecule has 0 aromatic heterocycles. The van der Waals surface area contributed by atoms with Gasteiger partial charge in [-0.05, 0) is 78.5 Å². The first-order valence-electron chi connectivity index (χ1n) is 11.3. The number of nitrogens with one attached hydrogen (secondary N) is 1. The lowest BCUT2D eigenvalue weighted by atomic mass is 9.99. The molecule has 1 aliphatic heterocycles. The van der Waals surface area contributed by atoms with E-state index in [0.29, 0.717) is 13.1 Å². The first-order valence-corrected chi connectivity index (χ1v) is 12.5. The first kappa shape index (κ1) is 21.7. The number of carbonyl (C=O) groups is 1. The minimum atomic E-state index is -2.59. The predicted octanol–water partition coefficient (Wildman–Crippen LogP) is 4.77. The molecule has 5 nitrogen and oxygen atoms in total. The standard InChI is InChI=1S/C24H28F2N4OS/c25-24(26)11-12-30(15-24)14-16-7-9-19(10-8-16)32(27)29-23(31)28-22-20-5-1-3-17(20)13-18-4-2-6-21(18)22/h7-10,13H,1-6,11-12,14-15H2,(H3,27,28,29,31). The normalized spacial score (nSPS) is 20.3. The van der Waals surface area contributed by atoms with Crippen molar-refractivity contribution in [2.24, 2.45) is 9.50 Å². The number of halogens is 2. The summed E-state index contributed by atoms with van der Waals surface area (Å²) in [5.41, 5.74) is 7.17. The highest BCUT2D eigenvalue weighted by atomic mass is 32.2. The molecule has 2 amide bonds. The van der Waals surface area contributed by atoms with Gasteiger partial charge >= 0.3 is 6.03 Å². The van der Waals surface area contributed by atoms with Crippen molar-refractivity contribution in [1.29, 1.82) is 0 Å². The molecular formula is C24H28F2N4OS. The third kappa shape index (κ3) is 4.49. The van der Waals surface area contributed by atoms with E-state index < -0.39 is 22.8 Å². The van der Waals surface area contributed by atoms with Crippen molar-refractivity contribution in [3.8, 4) is 0 Å². The van der Waals surface area contributed by atoms with E-state index in [0.717, 1.165) is 54.7 Å². The van der Waals surface area contributed by atoms with E-state index in [9.17, 15) is 13.6 Å². The van der Waals surface area contributed by atoms with Gasteiger partial charge in [0.25, 0.3) is 5.92 Å². The Morgan fingerprint density at radius 3 is 2.34 bits per heavy atom. The Hall–Kier alpha value is -2.16. The molecule has 1 fully saturated rings. The zero-order valence-electron chi connectivity index (χ0n) is 18.0. The van der Waals surface area contributed by atoms with Crippen LogP contribution in [0.1, 0.15) is 47.1 Å². The van der Waals surface area contributed by atoms with Crippen LogP contribution in [-0.2, 0) is 43.1 Å². The maximum Gasteiger partial charge on any atom is 0.352 e. The van der Waals surface area contributed by atoms with Crippen molar-refractivity contribution in [2.45, 2.75) is 62.3 Å². The van der Waals surface area contributed by atoms with Gasteiger partial charge in [-0.25, -0.2) is 13.6 Å². The van der Waals surface area contributed by atoms with Crippen LogP contribution in [0.4, 0.5) is 19.3 Å². The summed E-state index contributed by atoms with van der Waals surface area (Å²) < 4.78 is 31.0. The molecule has 2 aromatic rings. The molecule has 0 bridgehead atoms. The number of amides is 2. The van der Waals surface area contributed by atoms with Crippen LogP contribution in [-0.4, -0.2) is 29.9 Å². The number of nitrogens with two attached hydrogens (primary N) is 1. The van der Waals surface area contributed by atoms with E-state index >= 15 is 0 Å². The molecule has 1 unspecified atom stereocenters. The molecule has 0 radical (unpaired) electrons. The number of likely N-dealkylation sites (tertiary alicyclic amines) is 1. The zero-order valence-corrected chi connectivity index (χ0v) is 18.8. The second kappa shape index (κ2) is 8.65. The van der Waals surface area contributed by atoms with E-state index in [-0.39, 0.29) is 13.0 Å². The summed E-state index contributed by atoms with van der Waals surface area (Å²) in [5, 5.41) is 9.27. The number of hydrogen-bond donors (Lipinski definition) is 2. The van der Waals surface area contributed by atoms with E-state index in [4.69, 9.17) is 5.14 Å². The SMILES string of the molecule is NS(=NC(=O)Nc1c2c(cc3c1CCC3)CCC2)c1ccc(CN2CCC(F)(F)C2)cc1. The van der Waals surface area contributed by atoms with Crippen LogP contribution in [0.5, 0.6) is 0 Å². The lowest BCUT2D eigenvalue weighted by Gasteiger charge is -2.16. The Morgan fingerprint density at radius 1 is 1.09 bits per heavy atom. The second-order valence-corrected chi connectivity index (χ2v) is 10.3. The molecule has 1 atom stereocenters. The van der Waals surface area contributed by atoms with Gasteiger partial charge in [-0.2, -0.15) is 4.36 Å². The number of rotatable bonds is 4. The van der Waals surface area contributed by atoms with Crippen LogP contribution < -0.4 is 10.5 Å². The van der Waals surface area contributed by atoms with E-state index in [1.807, 2.05) is 24.3 Å². The molecule has 3 aliphatic rings. The molecule has 0 saturated carbocycles. The number of aryl methyl sites for hydroxylation is 2. The van der Waals surface area contributed by atoms with Gasteiger partial charge in [0, 0.05) is 41.0 Å². The van der Waals surface area contributed by atoms with Crippen molar-refractivity contribution >= 4 is 22.6 Å². The summed E-state index contributed by atoms with van der Waals surface area (Å²) in [6, 6.07) is 9.35. The van der Waals surface area contributed by atoms with Crippen molar-refractivity contribution in [3.05, 3.63) is 58.1 Å². The number of alkyl halides is 2. The zero-order chi connectivity index (χ0) is 22.3. The molecule has 8 heteroatoms. The molecule has 0 spiro atoms. The Morgan fingerprint density at radius 2 is 1.75 bits per heavy atom. The highest BCUT2D eigenvalue weighted by Crippen LogP contribution is 2.38. The van der Waals surface area contributed by atoms with Gasteiger partial charge in [0.2, 0.25) is 0 Å². The number of fused-ring (bicyclic) bond motifs is 2. The second-order valence-electron chi connectivity index (χ2n) is 9.03. The van der Waals surface area contributed by atoms with Crippen LogP contribution in [0, 0.1) is 0 Å². The molecular weight excluding hydrogens is 430 g/mol. The fourth-order valence-electron chi connectivity index (χ4n) is 5.17. The quantitative estimate of drug-likeness (QED) is 0.693. The van der Waals surface area contributed by atoms with Gasteiger partial charge in [-0.1, -0.05) is 18.2 Å². The molecule has 3 N–H and O–H groups in total. The van der Waals surface area contributed by atoms with Crippen LogP contribution >= 0.6 is 0 Å². The number of benzene rings is 2. The Balaban J connectivity index is 1.27. The lowest BCUT2D eigenvalue weighted by molar-refractivity contribution is 0.0115. The van der Waals surface area contributed by atoms with Crippen LogP contribution in [0.3, 0.4) is 0 Å². The third-order valence-electron chi connectivity index (χ3n) is 6.71. The van der Waals surface area contributed by atoms with E-state index in [2.05, 4.69) is 15.7 Å². The molecule has 32 heavy (non-hydrogen) atoms. The summed E-state index contributed by atoms with van der Waals surface area (Å²) in [4.78, 5) is 15.2. The molecule has 1 saturated heterocycles. The van der Waals surface area contributed by atoms with Gasteiger partial charge in [0.15, 0.2) is 0 Å². The highest BCUT2D eigenvalue weighted by molar-refractivity contribution is 7.85. The van der Waals surface area contributed by atoms with Gasteiger partial charge in [0.1, 0.15) is 0 Å². The minimum Gasteiger partial charge on any atom is -0.305 e. The average Bonchev–Trinajstić information content (AvgIpc) is 3.48. The smallest absolute Gasteiger partial charge is 0.305 e. The number of hydrogen-bond acceptors (Lipinski definition) is 2. The Bertz CT molecular complexity index is 1050. The molecule has 2 aromatic carbocycles. The predicted molar refractivity (Wildman–Crippen MR) is 123 cm³/mol. The lowest BCUT2D eigenvalue weighted by Crippen LogP contribution is -2.24. The van der Waals surface area contributed by atoms with Crippen molar-refractivity contribution in [2.75, 3.05) is 18.4 Å². The summed E-state index contributed by atoms with van der Waals surface area (Å²) in [5.74, 6) is -2.59. The van der Waals surface area contributed by atoms with Crippen molar-refractivity contribution in [3.63, 3.8) is 0 Å². The van der Waals surface area contributed by atoms with Gasteiger partial charge in [0.05, 0.1) is 6.54 Å². The number of carbonyl (C=O) groups excluding carboxylic acids is 1. The maximum atomic E-state index is 13.4. The Kier molecular flexibility index (Phi) is 5.86. The molecule has 5 rings (SSSR count). The van der Waals surface area contributed by atoms with Crippen LogP contribution in [0.15, 0.2) is 39.6 Å². The Labute approximate surface area is 189 Å². The fourth-order valence-corrected chi connectivity index (χ4v) is 5.92. The maximum absolute atomic E-state index is 13.4. The highest BCUT2D eigenvalue weighted by Gasteiger charge is 2.37. The minimum absolute atomic E-state index is 0.0842. The van der Waals surface area contributed by atoms with Gasteiger partial charge < -0.3 is 5.32 Å². The summed E-state index contributed by atoms with van der Waals surface area (Å²) in [6.45, 7) is 0.687. The summed E-state index contributed by atoms with van der Waals surface area (Å²) >= 11 is 0. The number of urea groups is 1. The molecule has 170 valence electrons. The third-order valence-corrected chi connectivity index (χ3v) is 7.82. The summed E-state index contributed by atoms with van der Waals surface area (Å²) in [7, 11) is -1.08. The van der Waals surface area contributed by atoms with Crippen LogP contribution in [0.25, 0.3) is 0 Å². The van der Waals surface area contributed by atoms with E-state index in [1.54, 1.807) is 4.90 Å². The van der Waals surface area contributed by atoms with Gasteiger partial charge in [-0.15, -0.1) is 0 Å². The van der Waals surface area contributed by atoms with Crippen molar-refractivity contribution < 1.29 is 13.6 Å². The number of nitrogens with zero attached hydrogens (tertiary/aromatic N) is 2. The van der Waals surface area contributed by atoms with Gasteiger partial charge in [-0.3, -0.25) is 10.0 Å². The average molecular weight is 459 g/mol. The molecule has 1 heterocycles. The van der Waals surface area contributed by atoms with Crippen LogP contribution in [0.2, 0.25) is 0 Å². The van der Waals surface area contributed by atoms with E-state index in [1.165, 1.54) is 22.3 Å². The topological polar surface area (TPSA) is 70.7 Å². The largest absolute Gasteiger partial charge is 0.352 e.